The molecule has 0 radical (unpaired) electrons. The predicted molar refractivity (Wildman–Crippen MR) is 106 cm³/mol. The molecule has 144 valence electrons. The van der Waals surface area contributed by atoms with Gasteiger partial charge in [0.05, 0.1) is 19.8 Å². The van der Waals surface area contributed by atoms with E-state index in [0.717, 1.165) is 49.5 Å². The number of likely N-dealkylation sites (tertiary alicyclic amines) is 1. The summed E-state index contributed by atoms with van der Waals surface area (Å²) in [5.74, 6) is 2.27. The van der Waals surface area contributed by atoms with E-state index in [4.69, 9.17) is 9.47 Å². The van der Waals surface area contributed by atoms with E-state index in [1.54, 1.807) is 14.2 Å². The molecule has 3 atom stereocenters. The van der Waals surface area contributed by atoms with Crippen LogP contribution >= 0.6 is 0 Å². The third kappa shape index (κ3) is 3.44. The number of benzene rings is 2. The molecular weight excluding hydrogens is 338 g/mol. The standard InChI is InChI=1S/C23H29NO3/c1-26-21-11-9-18(10-12-21)23(25)19-6-4-7-20(23)16-24(15-19)14-17-5-3-8-22(13-17)27-2/h3,5,8-13,19-20,25H,4,6-7,14-16H2,1-2H3/t19-,20+,23?. The molecule has 1 heterocycles. The zero-order valence-electron chi connectivity index (χ0n) is 16.2. The molecule has 0 amide bonds. The first-order chi connectivity index (χ1) is 13.1. The van der Waals surface area contributed by atoms with Crippen LogP contribution in [0.5, 0.6) is 11.5 Å². The molecule has 2 aliphatic rings. The predicted octanol–water partition coefficient (Wildman–Crippen LogP) is 3.82. The van der Waals surface area contributed by atoms with Gasteiger partial charge >= 0.3 is 0 Å². The Balaban J connectivity index is 1.54. The second kappa shape index (κ2) is 7.53. The van der Waals surface area contributed by atoms with Gasteiger partial charge in [-0.3, -0.25) is 4.90 Å². The minimum absolute atomic E-state index is 0.268. The zero-order chi connectivity index (χ0) is 18.9. The first-order valence-corrected chi connectivity index (χ1v) is 9.85. The molecule has 1 aliphatic carbocycles. The zero-order valence-corrected chi connectivity index (χ0v) is 16.2. The molecule has 0 spiro atoms. The fourth-order valence-corrected chi connectivity index (χ4v) is 5.03. The fraction of sp³-hybridized carbons (Fsp3) is 0.478. The number of aliphatic hydroxyl groups is 1. The lowest BCUT2D eigenvalue weighted by atomic mass is 9.62. The lowest BCUT2D eigenvalue weighted by Crippen LogP contribution is -2.57. The van der Waals surface area contributed by atoms with Gasteiger partial charge in [-0.1, -0.05) is 30.7 Å². The molecular formula is C23H29NO3. The average Bonchev–Trinajstić information content (AvgIpc) is 2.69. The summed E-state index contributed by atoms with van der Waals surface area (Å²) in [4.78, 5) is 2.50. The summed E-state index contributed by atoms with van der Waals surface area (Å²) >= 11 is 0. The Hall–Kier alpha value is -2.04. The summed E-state index contributed by atoms with van der Waals surface area (Å²) in [6.45, 7) is 2.76. The summed E-state index contributed by atoms with van der Waals surface area (Å²) in [5, 5.41) is 11.8. The molecule has 2 aromatic carbocycles. The summed E-state index contributed by atoms with van der Waals surface area (Å²) in [5.41, 5.74) is 1.58. The Morgan fingerprint density at radius 3 is 2.26 bits per heavy atom. The van der Waals surface area contributed by atoms with Crippen molar-refractivity contribution >= 4 is 0 Å². The molecule has 0 aromatic heterocycles. The maximum Gasteiger partial charge on any atom is 0.119 e. The van der Waals surface area contributed by atoms with Crippen molar-refractivity contribution in [1.82, 2.24) is 4.90 Å². The molecule has 4 rings (SSSR count). The van der Waals surface area contributed by atoms with Crippen LogP contribution in [0.15, 0.2) is 48.5 Å². The SMILES string of the molecule is COc1ccc(C2(O)[C@@H]3CCC[C@H]2CN(Cc2cccc(OC)c2)C3)cc1. The Morgan fingerprint density at radius 2 is 1.63 bits per heavy atom. The van der Waals surface area contributed by atoms with E-state index in [1.807, 2.05) is 36.4 Å². The minimum Gasteiger partial charge on any atom is -0.497 e. The van der Waals surface area contributed by atoms with Gasteiger partial charge in [-0.05, 0) is 48.2 Å². The van der Waals surface area contributed by atoms with E-state index in [2.05, 4.69) is 17.0 Å². The lowest BCUT2D eigenvalue weighted by Gasteiger charge is -2.53. The van der Waals surface area contributed by atoms with Crippen LogP contribution in [0.1, 0.15) is 30.4 Å². The van der Waals surface area contributed by atoms with Gasteiger partial charge in [0, 0.05) is 31.5 Å². The molecule has 2 aromatic rings. The first kappa shape index (κ1) is 18.3. The molecule has 1 N–H and O–H groups in total. The van der Waals surface area contributed by atoms with Crippen molar-refractivity contribution in [3.8, 4) is 11.5 Å². The van der Waals surface area contributed by atoms with Crippen molar-refractivity contribution in [3.63, 3.8) is 0 Å². The maximum atomic E-state index is 11.8. The Bertz CT molecular complexity index is 759. The van der Waals surface area contributed by atoms with Crippen molar-refractivity contribution in [3.05, 3.63) is 59.7 Å². The van der Waals surface area contributed by atoms with E-state index >= 15 is 0 Å². The number of fused-ring (bicyclic) bond motifs is 2. The third-order valence-electron chi connectivity index (χ3n) is 6.40. The summed E-state index contributed by atoms with van der Waals surface area (Å²) in [6, 6.07) is 16.3. The lowest BCUT2D eigenvalue weighted by molar-refractivity contribution is -0.148. The van der Waals surface area contributed by atoms with Gasteiger partial charge in [-0.25, -0.2) is 0 Å². The van der Waals surface area contributed by atoms with Gasteiger partial charge in [-0.15, -0.1) is 0 Å². The highest BCUT2D eigenvalue weighted by Gasteiger charge is 2.51. The van der Waals surface area contributed by atoms with Gasteiger partial charge in [0.2, 0.25) is 0 Å². The summed E-state index contributed by atoms with van der Waals surface area (Å²) in [6.07, 6.45) is 3.36. The number of ether oxygens (including phenoxy) is 2. The molecule has 1 saturated carbocycles. The van der Waals surface area contributed by atoms with Gasteiger partial charge in [0.25, 0.3) is 0 Å². The number of hydrogen-bond acceptors (Lipinski definition) is 4. The van der Waals surface area contributed by atoms with E-state index in [-0.39, 0.29) is 11.8 Å². The topological polar surface area (TPSA) is 41.9 Å². The normalized spacial score (nSPS) is 28.0. The number of methoxy groups -OCH3 is 2. The molecule has 1 saturated heterocycles. The van der Waals surface area contributed by atoms with E-state index < -0.39 is 5.60 Å². The molecule has 2 bridgehead atoms. The molecule has 4 heteroatoms. The first-order valence-electron chi connectivity index (χ1n) is 9.85. The van der Waals surface area contributed by atoms with Crippen molar-refractivity contribution in [2.45, 2.75) is 31.4 Å². The highest BCUT2D eigenvalue weighted by molar-refractivity contribution is 5.33. The molecule has 1 unspecified atom stereocenters. The molecule has 2 fully saturated rings. The van der Waals surface area contributed by atoms with E-state index in [9.17, 15) is 5.11 Å². The highest BCUT2D eigenvalue weighted by atomic mass is 16.5. The van der Waals surface area contributed by atoms with Crippen LogP contribution < -0.4 is 9.47 Å². The Kier molecular flexibility index (Phi) is 5.11. The number of piperidine rings is 1. The van der Waals surface area contributed by atoms with Crippen molar-refractivity contribution < 1.29 is 14.6 Å². The minimum atomic E-state index is -0.727. The summed E-state index contributed by atoms with van der Waals surface area (Å²) in [7, 11) is 3.38. The third-order valence-corrected chi connectivity index (χ3v) is 6.40. The maximum absolute atomic E-state index is 11.8. The van der Waals surface area contributed by atoms with Crippen LogP contribution in [-0.4, -0.2) is 37.3 Å². The monoisotopic (exact) mass is 367 g/mol. The molecule has 4 nitrogen and oxygen atoms in total. The number of nitrogens with zero attached hydrogens (tertiary/aromatic N) is 1. The second-order valence-electron chi connectivity index (χ2n) is 7.92. The van der Waals surface area contributed by atoms with Crippen molar-refractivity contribution in [2.24, 2.45) is 11.8 Å². The van der Waals surface area contributed by atoms with Gasteiger partial charge in [0.1, 0.15) is 11.5 Å². The average molecular weight is 367 g/mol. The highest BCUT2D eigenvalue weighted by Crippen LogP contribution is 2.49. The molecule has 1 aliphatic heterocycles. The largest absolute Gasteiger partial charge is 0.497 e. The van der Waals surface area contributed by atoms with Gasteiger partial charge < -0.3 is 14.6 Å². The van der Waals surface area contributed by atoms with Gasteiger partial charge in [-0.2, -0.15) is 0 Å². The second-order valence-corrected chi connectivity index (χ2v) is 7.92. The van der Waals surface area contributed by atoms with Crippen LogP contribution in [0.3, 0.4) is 0 Å². The Labute approximate surface area is 161 Å². The van der Waals surface area contributed by atoms with Gasteiger partial charge in [0.15, 0.2) is 0 Å². The fourth-order valence-electron chi connectivity index (χ4n) is 5.03. The van der Waals surface area contributed by atoms with Crippen molar-refractivity contribution in [2.75, 3.05) is 27.3 Å². The van der Waals surface area contributed by atoms with Crippen LogP contribution in [0.2, 0.25) is 0 Å². The van der Waals surface area contributed by atoms with E-state index in [0.29, 0.717) is 0 Å². The van der Waals surface area contributed by atoms with Crippen molar-refractivity contribution in [1.29, 1.82) is 0 Å². The number of hydrogen-bond donors (Lipinski definition) is 1. The number of rotatable bonds is 5. The van der Waals surface area contributed by atoms with Crippen LogP contribution in [0, 0.1) is 11.8 Å². The van der Waals surface area contributed by atoms with E-state index in [1.165, 1.54) is 12.0 Å². The molecule has 27 heavy (non-hydrogen) atoms. The van der Waals surface area contributed by atoms with Crippen LogP contribution in [0.25, 0.3) is 0 Å². The quantitative estimate of drug-likeness (QED) is 0.872. The Morgan fingerprint density at radius 1 is 0.963 bits per heavy atom. The van der Waals surface area contributed by atoms with Crippen LogP contribution in [0.4, 0.5) is 0 Å². The summed E-state index contributed by atoms with van der Waals surface area (Å²) < 4.78 is 10.6. The van der Waals surface area contributed by atoms with Crippen LogP contribution in [-0.2, 0) is 12.1 Å². The smallest absolute Gasteiger partial charge is 0.119 e.